The molecule has 0 heterocycles. The van der Waals surface area contributed by atoms with Crippen LogP contribution in [-0.4, -0.2) is 4.21 Å². The molecule has 3 atom stereocenters. The number of rotatable bonds is 2. The molecule has 0 bridgehead atoms. The van der Waals surface area contributed by atoms with Crippen LogP contribution in [-0.2, 0) is 30.7 Å². The van der Waals surface area contributed by atoms with E-state index in [1.807, 2.05) is 36.4 Å². The zero-order chi connectivity index (χ0) is 42.4. The molecule has 5 aliphatic carbocycles. The van der Waals surface area contributed by atoms with Crippen LogP contribution in [0.2, 0.25) is 10.0 Å². The third-order valence-electron chi connectivity index (χ3n) is 14.4. The van der Waals surface area contributed by atoms with E-state index in [0.29, 0.717) is 17.3 Å². The number of hydrogen-bond acceptors (Lipinski definition) is 0. The Morgan fingerprint density at radius 3 is 1.90 bits per heavy atom. The van der Waals surface area contributed by atoms with Gasteiger partial charge < -0.3 is 0 Å². The molecule has 0 radical (unpaired) electrons. The van der Waals surface area contributed by atoms with Crippen molar-refractivity contribution in [3.63, 3.8) is 0 Å². The summed E-state index contributed by atoms with van der Waals surface area (Å²) < 4.78 is 3.34. The number of hydrogen-bond donors (Lipinski definition) is 0. The molecule has 3 aromatic carbocycles. The summed E-state index contributed by atoms with van der Waals surface area (Å²) in [5, 5.41) is 1.48. The normalized spacial score (nSPS) is 23.1. The zero-order valence-corrected chi connectivity index (χ0v) is 43.3. The molecule has 0 aromatic heterocycles. The first-order valence-electron chi connectivity index (χ1n) is 20.8. The number of fused-ring (bicyclic) bond motifs is 6. The predicted octanol–water partition coefficient (Wildman–Crippen LogP) is 16.8. The number of allylic oxidation sites excluding steroid dienone is 10. The molecular weight excluding hydrogens is 882 g/mol. The van der Waals surface area contributed by atoms with E-state index < -0.39 is 0 Å². The van der Waals surface area contributed by atoms with Gasteiger partial charge in [0.15, 0.2) is 0 Å². The zero-order valence-electron chi connectivity index (χ0n) is 37.7. The van der Waals surface area contributed by atoms with Crippen molar-refractivity contribution < 1.29 is 24.2 Å². The summed E-state index contributed by atoms with van der Waals surface area (Å²) >= 11 is 12.3. The van der Waals surface area contributed by atoms with Gasteiger partial charge in [-0.1, -0.05) is 175 Å². The molecular formula is C54H68Cl4Zr-4. The third kappa shape index (κ3) is 10.9. The van der Waals surface area contributed by atoms with Crippen LogP contribution in [0.25, 0.3) is 5.57 Å². The molecule has 3 unspecified atom stereocenters. The summed E-state index contributed by atoms with van der Waals surface area (Å²) in [5.41, 5.74) is 12.0. The van der Waals surface area contributed by atoms with E-state index in [2.05, 4.69) is 154 Å². The summed E-state index contributed by atoms with van der Waals surface area (Å²) in [7, 11) is 0. The molecule has 320 valence electrons. The van der Waals surface area contributed by atoms with E-state index in [9.17, 15) is 0 Å². The van der Waals surface area contributed by atoms with Crippen LogP contribution in [0.15, 0.2) is 119 Å². The Morgan fingerprint density at radius 2 is 1.42 bits per heavy atom. The fraction of sp³-hybridized carbons (Fsp3) is 0.444. The van der Waals surface area contributed by atoms with Crippen molar-refractivity contribution in [2.24, 2.45) is 38.9 Å². The van der Waals surface area contributed by atoms with Gasteiger partial charge in [0.25, 0.3) is 0 Å². The van der Waals surface area contributed by atoms with Crippen molar-refractivity contribution in [1.29, 1.82) is 0 Å². The van der Waals surface area contributed by atoms with Gasteiger partial charge in [-0.05, 0) is 40.6 Å². The molecule has 0 nitrogen and oxygen atoms in total. The second-order valence-corrected chi connectivity index (χ2v) is 19.6. The fourth-order valence-corrected chi connectivity index (χ4v) is 10.0. The molecule has 0 N–H and O–H groups in total. The van der Waals surface area contributed by atoms with Crippen LogP contribution in [0.3, 0.4) is 0 Å². The van der Waals surface area contributed by atoms with Crippen LogP contribution in [0.5, 0.6) is 0 Å². The third-order valence-corrected chi connectivity index (χ3v) is 14.9. The van der Waals surface area contributed by atoms with E-state index >= 15 is 0 Å². The molecule has 0 spiro atoms. The average Bonchev–Trinajstić information content (AvgIpc) is 3.82. The van der Waals surface area contributed by atoms with Crippen molar-refractivity contribution in [3.05, 3.63) is 165 Å². The quantitative estimate of drug-likeness (QED) is 0.225. The molecule has 1 saturated carbocycles. The second-order valence-electron chi connectivity index (χ2n) is 18.8. The fourth-order valence-electron chi connectivity index (χ4n) is 9.77. The van der Waals surface area contributed by atoms with Crippen LogP contribution >= 0.6 is 48.0 Å². The minimum atomic E-state index is 0. The molecule has 0 aliphatic heterocycles. The van der Waals surface area contributed by atoms with Gasteiger partial charge in [-0.3, -0.25) is 6.08 Å². The molecule has 59 heavy (non-hydrogen) atoms. The maximum absolute atomic E-state index is 5.51. The van der Waals surface area contributed by atoms with Gasteiger partial charge in [-0.25, -0.2) is 12.0 Å². The monoisotopic (exact) mass is 946 g/mol. The second kappa shape index (κ2) is 22.0. The van der Waals surface area contributed by atoms with Gasteiger partial charge >= 0.3 is 28.4 Å². The van der Waals surface area contributed by atoms with Crippen LogP contribution in [0.1, 0.15) is 120 Å². The van der Waals surface area contributed by atoms with Crippen molar-refractivity contribution in [2.75, 3.05) is 0 Å². The molecule has 1 fully saturated rings. The molecule has 0 saturated heterocycles. The van der Waals surface area contributed by atoms with Crippen molar-refractivity contribution in [1.82, 2.24) is 0 Å². The molecule has 3 aromatic rings. The summed E-state index contributed by atoms with van der Waals surface area (Å²) in [6, 6.07) is 29.2. The SMILES string of the molecule is CCCC1[C-]=CC(C(C)(C)C)=C1.C[C-]1C2=C3Cc4ccccc4C3=C3C=CCCC3C2(C)C(C)(C)C(C)(C)C1(C)C.Cl.Cl.Clc1c[c-]ccc1.Clc1c[c-]ccc1.[CH2]=[Zr]. The van der Waals surface area contributed by atoms with Gasteiger partial charge in [0.2, 0.25) is 0 Å². The summed E-state index contributed by atoms with van der Waals surface area (Å²) in [4.78, 5) is 0. The molecule has 5 heteroatoms. The van der Waals surface area contributed by atoms with Crippen LogP contribution < -0.4 is 0 Å². The van der Waals surface area contributed by atoms with E-state index in [1.165, 1.54) is 66.6 Å². The summed E-state index contributed by atoms with van der Waals surface area (Å²) in [5.74, 6) is 2.83. The standard InChI is InChI=1S/C29H37.C12H19.2C6H4Cl.CH2.2ClH.Zr/c1-18-25-22-17-19-13-9-10-14-20(19)24(22)21-15-11-12-16-23(21)29(25,8)28(6,7)27(4,5)26(18,2)3;1-5-6-10-7-8-11(9-10)12(2,3)4;2*7-6-4-2-1-3-5-6;;;;/h9-11,13-15,23H,12,16-17H2,1-8H3;8-10H,5-6H2,1-4H3;2*1-2,4-5H;1H2;2*1H;/q4*-1;;;;. The van der Waals surface area contributed by atoms with Gasteiger partial charge in [0, 0.05) is 0 Å². The predicted molar refractivity (Wildman–Crippen MR) is 260 cm³/mol. The summed E-state index contributed by atoms with van der Waals surface area (Å²) in [6.45, 7) is 29.3. The Balaban J connectivity index is 0.000000328. The number of halogens is 4. The van der Waals surface area contributed by atoms with Crippen molar-refractivity contribution in [2.45, 2.75) is 115 Å². The Bertz CT molecular complexity index is 1940. The Kier molecular flexibility index (Phi) is 19.8. The van der Waals surface area contributed by atoms with Gasteiger partial charge in [-0.15, -0.1) is 31.7 Å². The van der Waals surface area contributed by atoms with E-state index in [0.717, 1.165) is 16.5 Å². The van der Waals surface area contributed by atoms with E-state index in [-0.39, 0.29) is 46.5 Å². The average molecular weight is 950 g/mol. The first kappa shape index (κ1) is 53.3. The Morgan fingerprint density at radius 1 is 0.847 bits per heavy atom. The van der Waals surface area contributed by atoms with Gasteiger partial charge in [0.1, 0.15) is 0 Å². The molecule has 0 amide bonds. The van der Waals surface area contributed by atoms with Crippen LogP contribution in [0.4, 0.5) is 0 Å². The molecule has 8 rings (SSSR count). The van der Waals surface area contributed by atoms with E-state index in [4.69, 9.17) is 23.2 Å². The van der Waals surface area contributed by atoms with Crippen molar-refractivity contribution in [3.8, 4) is 0 Å². The Hall–Kier alpha value is -1.86. The first-order chi connectivity index (χ1) is 26.8. The molecule has 5 aliphatic rings. The summed E-state index contributed by atoms with van der Waals surface area (Å²) in [6.07, 6.45) is 18.9. The van der Waals surface area contributed by atoms with E-state index in [1.54, 1.807) is 40.3 Å². The van der Waals surface area contributed by atoms with Crippen molar-refractivity contribution >= 4 is 57.8 Å². The van der Waals surface area contributed by atoms with Crippen LogP contribution in [0, 0.1) is 63.0 Å². The number of benzene rings is 3. The topological polar surface area (TPSA) is 0 Å². The maximum atomic E-state index is 5.51. The van der Waals surface area contributed by atoms with Gasteiger partial charge in [0.05, 0.1) is 0 Å². The first-order valence-corrected chi connectivity index (χ1v) is 23.3. The Labute approximate surface area is 397 Å². The minimum absolute atomic E-state index is 0. The van der Waals surface area contributed by atoms with Gasteiger partial charge in [-0.2, -0.15) is 107 Å².